The number of carbonyl (C=O) groups is 1. The zero-order valence-electron chi connectivity index (χ0n) is 12.1. The van der Waals surface area contributed by atoms with E-state index in [0.717, 1.165) is 36.9 Å². The number of benzene rings is 1. The minimum atomic E-state index is 0.101. The summed E-state index contributed by atoms with van der Waals surface area (Å²) >= 11 is 3.63. The van der Waals surface area contributed by atoms with E-state index in [9.17, 15) is 4.79 Å². The molecule has 2 N–H and O–H groups in total. The molecule has 5 heteroatoms. The minimum absolute atomic E-state index is 0.101. The SMILES string of the molecule is CNCc1ccc(N2CCCC(C(=O)NC)C2)cc1Br. The molecule has 1 aliphatic rings. The largest absolute Gasteiger partial charge is 0.371 e. The smallest absolute Gasteiger partial charge is 0.224 e. The molecule has 0 radical (unpaired) electrons. The predicted octanol–water partition coefficient (Wildman–Crippen LogP) is 2.13. The van der Waals surface area contributed by atoms with Gasteiger partial charge in [0.1, 0.15) is 0 Å². The number of nitrogens with zero attached hydrogens (tertiary/aromatic N) is 1. The fraction of sp³-hybridized carbons (Fsp3) is 0.533. The summed E-state index contributed by atoms with van der Waals surface area (Å²) < 4.78 is 1.12. The van der Waals surface area contributed by atoms with Gasteiger partial charge in [-0.15, -0.1) is 0 Å². The summed E-state index contributed by atoms with van der Waals surface area (Å²) in [5.41, 5.74) is 2.43. The van der Waals surface area contributed by atoms with Gasteiger partial charge < -0.3 is 15.5 Å². The van der Waals surface area contributed by atoms with E-state index in [4.69, 9.17) is 0 Å². The highest BCUT2D eigenvalue weighted by Crippen LogP contribution is 2.28. The van der Waals surface area contributed by atoms with Crippen molar-refractivity contribution in [2.45, 2.75) is 19.4 Å². The Morgan fingerprint density at radius 1 is 1.45 bits per heavy atom. The quantitative estimate of drug-likeness (QED) is 0.883. The van der Waals surface area contributed by atoms with E-state index in [0.29, 0.717) is 0 Å². The van der Waals surface area contributed by atoms with Crippen LogP contribution in [0.25, 0.3) is 0 Å². The molecule has 1 aromatic carbocycles. The third kappa shape index (κ3) is 3.52. The fourth-order valence-corrected chi connectivity index (χ4v) is 3.20. The van der Waals surface area contributed by atoms with Gasteiger partial charge in [-0.05, 0) is 37.6 Å². The minimum Gasteiger partial charge on any atom is -0.371 e. The van der Waals surface area contributed by atoms with E-state index in [1.54, 1.807) is 7.05 Å². The van der Waals surface area contributed by atoms with Crippen LogP contribution in [0.3, 0.4) is 0 Å². The Bertz CT molecular complexity index is 478. The van der Waals surface area contributed by atoms with Crippen LogP contribution >= 0.6 is 15.9 Å². The molecule has 1 aromatic rings. The summed E-state index contributed by atoms with van der Waals surface area (Å²) in [5.74, 6) is 0.255. The summed E-state index contributed by atoms with van der Waals surface area (Å²) in [4.78, 5) is 14.1. The molecule has 2 rings (SSSR count). The lowest BCUT2D eigenvalue weighted by Gasteiger charge is -2.33. The van der Waals surface area contributed by atoms with E-state index < -0.39 is 0 Å². The molecule has 0 aliphatic carbocycles. The summed E-state index contributed by atoms with van der Waals surface area (Å²) in [5, 5.41) is 5.92. The molecule has 0 saturated carbocycles. The van der Waals surface area contributed by atoms with Crippen LogP contribution < -0.4 is 15.5 Å². The Balaban J connectivity index is 2.11. The van der Waals surface area contributed by atoms with Gasteiger partial charge in [-0.2, -0.15) is 0 Å². The number of carbonyl (C=O) groups excluding carboxylic acids is 1. The summed E-state index contributed by atoms with van der Waals surface area (Å²) in [6, 6.07) is 6.43. The second-order valence-electron chi connectivity index (χ2n) is 5.21. The third-order valence-electron chi connectivity index (χ3n) is 3.81. The normalized spacial score (nSPS) is 18.9. The number of halogens is 1. The van der Waals surface area contributed by atoms with Crippen LogP contribution in [0.15, 0.2) is 22.7 Å². The average molecular weight is 340 g/mol. The van der Waals surface area contributed by atoms with Gasteiger partial charge in [-0.1, -0.05) is 22.0 Å². The standard InChI is InChI=1S/C15H22BrN3O/c1-17-9-11-5-6-13(8-14(11)16)19-7-3-4-12(10-19)15(20)18-2/h5-6,8,12,17H,3-4,7,9-10H2,1-2H3,(H,18,20). The topological polar surface area (TPSA) is 44.4 Å². The van der Waals surface area contributed by atoms with Crippen LogP contribution in [0.2, 0.25) is 0 Å². The lowest BCUT2D eigenvalue weighted by Crippen LogP contribution is -2.42. The molecule has 1 aliphatic heterocycles. The predicted molar refractivity (Wildman–Crippen MR) is 85.9 cm³/mol. The van der Waals surface area contributed by atoms with Gasteiger partial charge >= 0.3 is 0 Å². The molecule has 1 saturated heterocycles. The summed E-state index contributed by atoms with van der Waals surface area (Å²) in [7, 11) is 3.66. The van der Waals surface area contributed by atoms with Gasteiger partial charge in [-0.25, -0.2) is 0 Å². The molecular formula is C15H22BrN3O. The molecule has 1 unspecified atom stereocenters. The van der Waals surface area contributed by atoms with Crippen molar-refractivity contribution in [1.82, 2.24) is 10.6 Å². The van der Waals surface area contributed by atoms with E-state index >= 15 is 0 Å². The lowest BCUT2D eigenvalue weighted by molar-refractivity contribution is -0.124. The van der Waals surface area contributed by atoms with Crippen molar-refractivity contribution < 1.29 is 4.79 Å². The molecule has 1 fully saturated rings. The monoisotopic (exact) mass is 339 g/mol. The van der Waals surface area contributed by atoms with E-state index in [-0.39, 0.29) is 11.8 Å². The zero-order valence-corrected chi connectivity index (χ0v) is 13.7. The molecular weight excluding hydrogens is 318 g/mol. The highest BCUT2D eigenvalue weighted by Gasteiger charge is 2.25. The van der Waals surface area contributed by atoms with Gasteiger partial charge in [0.2, 0.25) is 5.91 Å². The Morgan fingerprint density at radius 2 is 2.25 bits per heavy atom. The van der Waals surface area contributed by atoms with Gasteiger partial charge in [0.05, 0.1) is 5.92 Å². The number of nitrogens with one attached hydrogen (secondary N) is 2. The molecule has 20 heavy (non-hydrogen) atoms. The Kier molecular flexibility index (Phi) is 5.43. The third-order valence-corrected chi connectivity index (χ3v) is 4.55. The highest BCUT2D eigenvalue weighted by atomic mass is 79.9. The van der Waals surface area contributed by atoms with Crippen LogP contribution in [0.5, 0.6) is 0 Å². The maximum absolute atomic E-state index is 11.8. The van der Waals surface area contributed by atoms with Crippen LogP contribution in [0, 0.1) is 5.92 Å². The first-order valence-electron chi connectivity index (χ1n) is 7.05. The van der Waals surface area contributed by atoms with Crippen molar-refractivity contribution in [2.24, 2.45) is 5.92 Å². The number of piperidine rings is 1. The van der Waals surface area contributed by atoms with Crippen molar-refractivity contribution in [1.29, 1.82) is 0 Å². The second kappa shape index (κ2) is 7.09. The van der Waals surface area contributed by atoms with Gasteiger partial charge in [0, 0.05) is 36.8 Å². The maximum Gasteiger partial charge on any atom is 0.224 e. The Labute approximate surface area is 129 Å². The molecule has 0 aromatic heterocycles. The second-order valence-corrected chi connectivity index (χ2v) is 6.06. The first-order chi connectivity index (χ1) is 9.65. The molecule has 4 nitrogen and oxygen atoms in total. The Morgan fingerprint density at radius 3 is 2.90 bits per heavy atom. The maximum atomic E-state index is 11.8. The highest BCUT2D eigenvalue weighted by molar-refractivity contribution is 9.10. The van der Waals surface area contributed by atoms with E-state index in [2.05, 4.69) is 49.7 Å². The average Bonchev–Trinajstić information content (AvgIpc) is 2.49. The van der Waals surface area contributed by atoms with Gasteiger partial charge in [-0.3, -0.25) is 4.79 Å². The van der Waals surface area contributed by atoms with Crippen molar-refractivity contribution in [3.8, 4) is 0 Å². The summed E-state index contributed by atoms with van der Waals surface area (Å²) in [6.45, 7) is 2.67. The fourth-order valence-electron chi connectivity index (χ4n) is 2.70. The first-order valence-corrected chi connectivity index (χ1v) is 7.84. The van der Waals surface area contributed by atoms with Crippen molar-refractivity contribution in [2.75, 3.05) is 32.1 Å². The van der Waals surface area contributed by atoms with E-state index in [1.165, 1.54) is 11.3 Å². The number of anilines is 1. The van der Waals surface area contributed by atoms with E-state index in [1.807, 2.05) is 7.05 Å². The molecule has 1 amide bonds. The van der Waals surface area contributed by atoms with Crippen LogP contribution in [0.4, 0.5) is 5.69 Å². The number of rotatable bonds is 4. The molecule has 1 heterocycles. The molecule has 110 valence electrons. The molecule has 0 spiro atoms. The van der Waals surface area contributed by atoms with Crippen molar-refractivity contribution in [3.63, 3.8) is 0 Å². The van der Waals surface area contributed by atoms with Gasteiger partial charge in [0.25, 0.3) is 0 Å². The van der Waals surface area contributed by atoms with Crippen molar-refractivity contribution in [3.05, 3.63) is 28.2 Å². The number of hydrogen-bond acceptors (Lipinski definition) is 3. The van der Waals surface area contributed by atoms with Crippen LogP contribution in [0.1, 0.15) is 18.4 Å². The first kappa shape index (κ1) is 15.3. The number of amides is 1. The number of hydrogen-bond donors (Lipinski definition) is 2. The van der Waals surface area contributed by atoms with Gasteiger partial charge in [0.15, 0.2) is 0 Å². The van der Waals surface area contributed by atoms with Crippen LogP contribution in [-0.2, 0) is 11.3 Å². The molecule has 1 atom stereocenters. The Hall–Kier alpha value is -1.07. The lowest BCUT2D eigenvalue weighted by atomic mass is 9.96. The zero-order chi connectivity index (χ0) is 14.5. The molecule has 0 bridgehead atoms. The van der Waals surface area contributed by atoms with Crippen LogP contribution in [-0.4, -0.2) is 33.1 Å². The summed E-state index contributed by atoms with van der Waals surface area (Å²) in [6.07, 6.45) is 2.04. The van der Waals surface area contributed by atoms with Crippen molar-refractivity contribution >= 4 is 27.5 Å².